The van der Waals surface area contributed by atoms with E-state index in [0.29, 0.717) is 10.6 Å². The lowest BCUT2D eigenvalue weighted by Crippen LogP contribution is -2.35. The zero-order valence-electron chi connectivity index (χ0n) is 9.06. The Kier molecular flexibility index (Phi) is 7.64. The average molecular weight is 331 g/mol. The highest BCUT2D eigenvalue weighted by atomic mass is 35.5. The van der Waals surface area contributed by atoms with Crippen molar-refractivity contribution >= 4 is 49.6 Å². The van der Waals surface area contributed by atoms with Gasteiger partial charge in [0.25, 0.3) is 0 Å². The summed E-state index contributed by atoms with van der Waals surface area (Å²) in [4.78, 5) is 0. The number of hydrogen-bond acceptors (Lipinski definition) is 6. The van der Waals surface area contributed by atoms with Gasteiger partial charge >= 0.3 is 0 Å². The zero-order valence-corrected chi connectivity index (χ0v) is 12.2. The smallest absolute Gasteiger partial charge is 0.209 e. The molecule has 0 spiro atoms. The molecule has 0 heterocycles. The summed E-state index contributed by atoms with van der Waals surface area (Å²) >= 11 is 16.1. The number of nitrogens with one attached hydrogen (secondary N) is 1. The van der Waals surface area contributed by atoms with Crippen LogP contribution in [0.2, 0.25) is 10.0 Å². The van der Waals surface area contributed by atoms with Gasteiger partial charge < -0.3 is 5.43 Å². The minimum Gasteiger partial charge on any atom is -0.305 e. The van der Waals surface area contributed by atoms with Crippen molar-refractivity contribution in [3.05, 3.63) is 33.8 Å². The predicted octanol–water partition coefficient (Wildman–Crippen LogP) is 0.475. The molecule has 0 aromatic heterocycles. The van der Waals surface area contributed by atoms with Crippen molar-refractivity contribution in [2.24, 2.45) is 17.5 Å². The van der Waals surface area contributed by atoms with Crippen molar-refractivity contribution in [1.82, 2.24) is 5.43 Å². The Morgan fingerprint density at radius 1 is 1.33 bits per heavy atom. The second-order valence-corrected chi connectivity index (χ2v) is 6.36. The van der Waals surface area contributed by atoms with Crippen LogP contribution in [0.15, 0.2) is 18.2 Å². The van der Waals surface area contributed by atoms with Crippen molar-refractivity contribution < 1.29 is 8.42 Å². The first-order chi connectivity index (χ1) is 8.36. The highest BCUT2D eigenvalue weighted by molar-refractivity contribution is 8.16. The normalized spacial score (nSPS) is 10.3. The molecule has 102 valence electrons. The van der Waals surface area contributed by atoms with Gasteiger partial charge in [0.05, 0.1) is 5.75 Å². The third kappa shape index (κ3) is 5.02. The van der Waals surface area contributed by atoms with Crippen LogP contribution in [-0.4, -0.2) is 12.7 Å². The van der Waals surface area contributed by atoms with E-state index in [4.69, 9.17) is 29.0 Å². The van der Waals surface area contributed by atoms with Gasteiger partial charge in [0.2, 0.25) is 14.2 Å². The number of hydrogen-bond donors (Lipinski definition) is 4. The fourth-order valence-electron chi connectivity index (χ4n) is 0.999. The van der Waals surface area contributed by atoms with Crippen LogP contribution in [0.3, 0.4) is 0 Å². The molecule has 0 unspecified atom stereocenters. The fraction of sp³-hybridized carbons (Fsp3) is 0.125. The molecule has 6 nitrogen and oxygen atoms in total. The molecule has 0 radical (unpaired) electrons. The van der Waals surface area contributed by atoms with Gasteiger partial charge in [-0.2, -0.15) is 0 Å². The summed E-state index contributed by atoms with van der Waals surface area (Å²) in [5.74, 6) is 12.6. The summed E-state index contributed by atoms with van der Waals surface area (Å²) < 4.78 is 22.8. The second kappa shape index (κ2) is 7.85. The fourth-order valence-corrected chi connectivity index (χ4v) is 2.70. The SMILES string of the molecule is NN.NNC(=S)S(=O)(=O)Cc1ccc(Cl)cc1Cl. The zero-order chi connectivity index (χ0) is 14.3. The van der Waals surface area contributed by atoms with Crippen LogP contribution in [0, 0.1) is 0 Å². The molecule has 0 aliphatic rings. The molecule has 1 aromatic carbocycles. The van der Waals surface area contributed by atoms with Gasteiger partial charge in [-0.15, -0.1) is 0 Å². The Morgan fingerprint density at radius 2 is 1.89 bits per heavy atom. The molecule has 0 saturated carbocycles. The van der Waals surface area contributed by atoms with Crippen LogP contribution < -0.4 is 23.0 Å². The number of thiocarbonyl (C=S) groups is 1. The summed E-state index contributed by atoms with van der Waals surface area (Å²) in [5.41, 5.74) is 2.35. The van der Waals surface area contributed by atoms with E-state index in [0.717, 1.165) is 0 Å². The van der Waals surface area contributed by atoms with E-state index in [9.17, 15) is 8.42 Å². The van der Waals surface area contributed by atoms with E-state index in [1.165, 1.54) is 12.1 Å². The first-order valence-electron chi connectivity index (χ1n) is 4.37. The third-order valence-electron chi connectivity index (χ3n) is 1.76. The molecule has 1 aromatic rings. The Hall–Kier alpha value is -0.480. The van der Waals surface area contributed by atoms with Gasteiger partial charge in [-0.25, -0.2) is 14.3 Å². The van der Waals surface area contributed by atoms with Gasteiger partial charge in [0.1, 0.15) is 0 Å². The summed E-state index contributed by atoms with van der Waals surface area (Å²) in [6.07, 6.45) is 0. The lowest BCUT2D eigenvalue weighted by Gasteiger charge is -2.06. The van der Waals surface area contributed by atoms with Crippen LogP contribution in [-0.2, 0) is 15.6 Å². The number of halogens is 2. The molecular weight excluding hydrogens is 319 g/mol. The van der Waals surface area contributed by atoms with Crippen LogP contribution in [0.25, 0.3) is 0 Å². The highest BCUT2D eigenvalue weighted by Gasteiger charge is 2.19. The molecule has 0 atom stereocenters. The predicted molar refractivity (Wildman–Crippen MR) is 77.4 cm³/mol. The maximum absolute atomic E-state index is 11.6. The summed E-state index contributed by atoms with van der Waals surface area (Å²) in [5, 5.41) is 0.710. The van der Waals surface area contributed by atoms with E-state index in [2.05, 4.69) is 23.9 Å². The molecular formula is C8H12Cl2N4O2S2. The van der Waals surface area contributed by atoms with Crippen molar-refractivity contribution in [2.45, 2.75) is 5.75 Å². The van der Waals surface area contributed by atoms with E-state index >= 15 is 0 Å². The van der Waals surface area contributed by atoms with E-state index in [1.807, 2.05) is 5.43 Å². The largest absolute Gasteiger partial charge is 0.305 e. The number of hydrazine groups is 2. The standard InChI is InChI=1S/C8H8Cl2N2O2S2.H4N2/c9-6-2-1-5(7(10)3-6)4-16(13,14)8(15)12-11;1-2/h1-3H,4,11H2,(H,12,15);1-2H2. The molecule has 7 N–H and O–H groups in total. The lowest BCUT2D eigenvalue weighted by atomic mass is 10.2. The third-order valence-corrected chi connectivity index (χ3v) is 4.60. The van der Waals surface area contributed by atoms with Gasteiger partial charge in [-0.3, -0.25) is 11.7 Å². The van der Waals surface area contributed by atoms with Gasteiger partial charge in [-0.1, -0.05) is 29.3 Å². The summed E-state index contributed by atoms with van der Waals surface area (Å²) in [6, 6.07) is 4.55. The molecule has 18 heavy (non-hydrogen) atoms. The van der Waals surface area contributed by atoms with Gasteiger partial charge in [-0.05, 0) is 29.9 Å². The number of sulfone groups is 1. The highest BCUT2D eigenvalue weighted by Crippen LogP contribution is 2.22. The summed E-state index contributed by atoms with van der Waals surface area (Å²) in [7, 11) is -3.63. The first-order valence-corrected chi connectivity index (χ1v) is 7.19. The monoisotopic (exact) mass is 330 g/mol. The molecule has 0 fully saturated rings. The van der Waals surface area contributed by atoms with E-state index < -0.39 is 14.2 Å². The number of benzene rings is 1. The van der Waals surface area contributed by atoms with Crippen molar-refractivity contribution in [3.63, 3.8) is 0 Å². The maximum atomic E-state index is 11.6. The van der Waals surface area contributed by atoms with Crippen LogP contribution in [0.5, 0.6) is 0 Å². The molecule has 10 heteroatoms. The molecule has 0 aliphatic heterocycles. The minimum atomic E-state index is -3.63. The Bertz CT molecular complexity index is 522. The topological polar surface area (TPSA) is 124 Å². The van der Waals surface area contributed by atoms with Crippen LogP contribution >= 0.6 is 35.4 Å². The molecule has 1 rings (SSSR count). The van der Waals surface area contributed by atoms with Crippen molar-refractivity contribution in [2.75, 3.05) is 0 Å². The van der Waals surface area contributed by atoms with Gasteiger partial charge in [0.15, 0.2) is 0 Å². The number of rotatable bonds is 2. The Balaban J connectivity index is 0.00000137. The minimum absolute atomic E-state index is 0.274. The molecule has 0 amide bonds. The van der Waals surface area contributed by atoms with Crippen molar-refractivity contribution in [3.8, 4) is 0 Å². The lowest BCUT2D eigenvalue weighted by molar-refractivity contribution is 0.605. The Morgan fingerprint density at radius 3 is 2.33 bits per heavy atom. The average Bonchev–Trinajstić information content (AvgIpc) is 2.34. The quantitative estimate of drug-likeness (QED) is 0.353. The summed E-state index contributed by atoms with van der Waals surface area (Å²) in [6.45, 7) is 0. The number of nitrogens with two attached hydrogens (primary N) is 3. The van der Waals surface area contributed by atoms with Crippen LogP contribution in [0.4, 0.5) is 0 Å². The first kappa shape index (κ1) is 17.5. The molecule has 0 bridgehead atoms. The molecule has 0 aliphatic carbocycles. The van der Waals surface area contributed by atoms with Crippen LogP contribution in [0.1, 0.15) is 5.56 Å². The maximum Gasteiger partial charge on any atom is 0.209 e. The molecule has 0 saturated heterocycles. The van der Waals surface area contributed by atoms with E-state index in [1.54, 1.807) is 6.07 Å². The van der Waals surface area contributed by atoms with E-state index in [-0.39, 0.29) is 10.8 Å². The van der Waals surface area contributed by atoms with Gasteiger partial charge in [0, 0.05) is 10.0 Å². The van der Waals surface area contributed by atoms with Crippen molar-refractivity contribution in [1.29, 1.82) is 0 Å². The Labute approximate surface area is 120 Å². The second-order valence-electron chi connectivity index (χ2n) is 2.93.